The minimum absolute atomic E-state index is 0.122. The molecule has 4 heteroatoms. The number of H-pyrrole nitrogens is 2. The van der Waals surface area contributed by atoms with E-state index in [0.29, 0.717) is 0 Å². The lowest BCUT2D eigenvalue weighted by atomic mass is 10.0. The lowest BCUT2D eigenvalue weighted by molar-refractivity contribution is 0.711. The molecule has 0 fully saturated rings. The van der Waals surface area contributed by atoms with E-state index in [2.05, 4.69) is 27.4 Å². The van der Waals surface area contributed by atoms with E-state index in [1.54, 1.807) is 0 Å². The average Bonchev–Trinajstić information content (AvgIpc) is 2.44. The molecule has 3 N–H and O–H groups in total. The predicted octanol–water partition coefficient (Wildman–Crippen LogP) is 0.544. The summed E-state index contributed by atoms with van der Waals surface area (Å²) in [7, 11) is 0. The van der Waals surface area contributed by atoms with Crippen molar-refractivity contribution in [1.82, 2.24) is 15.3 Å². The van der Waals surface area contributed by atoms with E-state index in [4.69, 9.17) is 0 Å². The van der Waals surface area contributed by atoms with E-state index in [1.165, 1.54) is 11.1 Å². The van der Waals surface area contributed by atoms with Crippen molar-refractivity contribution in [2.75, 3.05) is 13.1 Å². The van der Waals surface area contributed by atoms with Gasteiger partial charge in [0.2, 0.25) is 0 Å². The van der Waals surface area contributed by atoms with Gasteiger partial charge in [-0.1, -0.05) is 0 Å². The van der Waals surface area contributed by atoms with Gasteiger partial charge in [0, 0.05) is 0 Å². The SMILES string of the molecule is O=c1[nH]c2cc3c(cc2[nH]1)CCNCC3. The highest BCUT2D eigenvalue weighted by Gasteiger charge is 2.09. The van der Waals surface area contributed by atoms with Crippen molar-refractivity contribution in [3.05, 3.63) is 33.7 Å². The van der Waals surface area contributed by atoms with E-state index in [1.807, 2.05) is 0 Å². The molecular weight excluding hydrogens is 190 g/mol. The maximum absolute atomic E-state index is 11.1. The zero-order chi connectivity index (χ0) is 10.3. The van der Waals surface area contributed by atoms with E-state index in [0.717, 1.165) is 37.0 Å². The number of hydrogen-bond donors (Lipinski definition) is 3. The molecule has 0 amide bonds. The number of fused-ring (bicyclic) bond motifs is 2. The highest BCUT2D eigenvalue weighted by Crippen LogP contribution is 2.18. The fourth-order valence-corrected chi connectivity index (χ4v) is 2.21. The first-order valence-electron chi connectivity index (χ1n) is 5.27. The molecule has 0 bridgehead atoms. The number of aromatic amines is 2. The lowest BCUT2D eigenvalue weighted by Gasteiger charge is -2.04. The number of rotatable bonds is 0. The molecule has 2 heterocycles. The highest BCUT2D eigenvalue weighted by atomic mass is 16.1. The Morgan fingerprint density at radius 3 is 2.00 bits per heavy atom. The molecule has 1 aromatic heterocycles. The minimum atomic E-state index is -0.122. The molecule has 3 rings (SSSR count). The van der Waals surface area contributed by atoms with Crippen LogP contribution in [0.5, 0.6) is 0 Å². The van der Waals surface area contributed by atoms with Gasteiger partial charge in [0.1, 0.15) is 0 Å². The van der Waals surface area contributed by atoms with Crippen LogP contribution in [-0.2, 0) is 12.8 Å². The Hall–Kier alpha value is -1.55. The summed E-state index contributed by atoms with van der Waals surface area (Å²) in [5.41, 5.74) is 4.41. The fourth-order valence-electron chi connectivity index (χ4n) is 2.21. The number of imidazole rings is 1. The first-order chi connectivity index (χ1) is 7.33. The molecule has 2 aromatic rings. The van der Waals surface area contributed by atoms with Crippen LogP contribution in [0.2, 0.25) is 0 Å². The van der Waals surface area contributed by atoms with Gasteiger partial charge in [-0.15, -0.1) is 0 Å². The number of aromatic nitrogens is 2. The van der Waals surface area contributed by atoms with E-state index < -0.39 is 0 Å². The topological polar surface area (TPSA) is 60.7 Å². The molecule has 1 aliphatic heterocycles. The summed E-state index contributed by atoms with van der Waals surface area (Å²) in [4.78, 5) is 16.7. The van der Waals surface area contributed by atoms with Crippen molar-refractivity contribution in [3.63, 3.8) is 0 Å². The van der Waals surface area contributed by atoms with Crippen molar-refractivity contribution >= 4 is 11.0 Å². The van der Waals surface area contributed by atoms with Crippen LogP contribution in [0.3, 0.4) is 0 Å². The summed E-state index contributed by atoms with van der Waals surface area (Å²) in [5, 5.41) is 3.37. The second kappa shape index (κ2) is 3.24. The number of benzene rings is 1. The first-order valence-corrected chi connectivity index (χ1v) is 5.27. The molecule has 0 spiro atoms. The predicted molar refractivity (Wildman–Crippen MR) is 59.2 cm³/mol. The second-order valence-electron chi connectivity index (χ2n) is 4.00. The molecule has 0 unspecified atom stereocenters. The summed E-state index contributed by atoms with van der Waals surface area (Å²) < 4.78 is 0. The smallest absolute Gasteiger partial charge is 0.316 e. The summed E-state index contributed by atoms with van der Waals surface area (Å²) >= 11 is 0. The van der Waals surface area contributed by atoms with Crippen LogP contribution in [0.15, 0.2) is 16.9 Å². The fraction of sp³-hybridized carbons (Fsp3) is 0.364. The number of nitrogens with one attached hydrogen (secondary N) is 3. The Morgan fingerprint density at radius 2 is 1.47 bits per heavy atom. The van der Waals surface area contributed by atoms with Gasteiger partial charge in [-0.05, 0) is 49.2 Å². The zero-order valence-electron chi connectivity index (χ0n) is 8.39. The van der Waals surface area contributed by atoms with Crippen LogP contribution >= 0.6 is 0 Å². The van der Waals surface area contributed by atoms with Crippen LogP contribution in [0.25, 0.3) is 11.0 Å². The Morgan fingerprint density at radius 1 is 0.933 bits per heavy atom. The third kappa shape index (κ3) is 1.47. The molecule has 0 aliphatic carbocycles. The summed E-state index contributed by atoms with van der Waals surface area (Å²) in [5.74, 6) is 0. The van der Waals surface area contributed by atoms with Gasteiger partial charge in [-0.2, -0.15) is 0 Å². The number of hydrogen-bond acceptors (Lipinski definition) is 2. The molecule has 0 saturated carbocycles. The second-order valence-corrected chi connectivity index (χ2v) is 4.00. The van der Waals surface area contributed by atoms with Crippen molar-refractivity contribution in [2.45, 2.75) is 12.8 Å². The van der Waals surface area contributed by atoms with Gasteiger partial charge >= 0.3 is 5.69 Å². The van der Waals surface area contributed by atoms with Gasteiger partial charge < -0.3 is 15.3 Å². The van der Waals surface area contributed by atoms with Crippen LogP contribution in [-0.4, -0.2) is 23.1 Å². The minimum Gasteiger partial charge on any atom is -0.316 e. The summed E-state index contributed by atoms with van der Waals surface area (Å²) in [6.07, 6.45) is 2.08. The molecule has 78 valence electrons. The quantitative estimate of drug-likeness (QED) is 0.585. The van der Waals surface area contributed by atoms with Gasteiger partial charge in [0.05, 0.1) is 11.0 Å². The van der Waals surface area contributed by atoms with E-state index in [-0.39, 0.29) is 5.69 Å². The maximum atomic E-state index is 11.1. The Labute approximate surface area is 86.7 Å². The molecule has 1 aromatic carbocycles. The molecule has 0 radical (unpaired) electrons. The highest BCUT2D eigenvalue weighted by molar-refractivity contribution is 5.76. The van der Waals surface area contributed by atoms with Crippen molar-refractivity contribution in [3.8, 4) is 0 Å². The third-order valence-corrected chi connectivity index (χ3v) is 2.98. The van der Waals surface area contributed by atoms with Crippen molar-refractivity contribution < 1.29 is 0 Å². The van der Waals surface area contributed by atoms with Crippen LogP contribution in [0, 0.1) is 0 Å². The molecule has 0 saturated heterocycles. The first kappa shape index (κ1) is 8.73. The Bertz CT molecular complexity index is 506. The monoisotopic (exact) mass is 203 g/mol. The van der Waals surface area contributed by atoms with Crippen molar-refractivity contribution in [2.24, 2.45) is 0 Å². The molecule has 4 nitrogen and oxygen atoms in total. The zero-order valence-corrected chi connectivity index (χ0v) is 8.39. The maximum Gasteiger partial charge on any atom is 0.323 e. The standard InChI is InChI=1S/C11H13N3O/c15-11-13-9-5-7-1-3-12-4-2-8(7)6-10(9)14-11/h5-6,12H,1-4H2,(H2,13,14,15). The third-order valence-electron chi connectivity index (χ3n) is 2.98. The van der Waals surface area contributed by atoms with E-state index >= 15 is 0 Å². The average molecular weight is 203 g/mol. The van der Waals surface area contributed by atoms with E-state index in [9.17, 15) is 4.79 Å². The van der Waals surface area contributed by atoms with Crippen LogP contribution in [0.1, 0.15) is 11.1 Å². The normalized spacial score (nSPS) is 16.3. The van der Waals surface area contributed by atoms with Gasteiger partial charge in [0.15, 0.2) is 0 Å². The summed E-state index contributed by atoms with van der Waals surface area (Å²) in [6, 6.07) is 4.19. The largest absolute Gasteiger partial charge is 0.323 e. The van der Waals surface area contributed by atoms with Gasteiger partial charge in [-0.25, -0.2) is 4.79 Å². The van der Waals surface area contributed by atoms with Crippen LogP contribution in [0.4, 0.5) is 0 Å². The lowest BCUT2D eigenvalue weighted by Crippen LogP contribution is -2.16. The molecule has 1 aliphatic rings. The van der Waals surface area contributed by atoms with Crippen molar-refractivity contribution in [1.29, 1.82) is 0 Å². The van der Waals surface area contributed by atoms with Crippen LogP contribution < -0.4 is 11.0 Å². The Kier molecular flexibility index (Phi) is 1.89. The molecule has 0 atom stereocenters. The molecule has 15 heavy (non-hydrogen) atoms. The Balaban J connectivity index is 2.23. The van der Waals surface area contributed by atoms with Gasteiger partial charge in [-0.3, -0.25) is 0 Å². The molecular formula is C11H13N3O. The summed E-state index contributed by atoms with van der Waals surface area (Å²) in [6.45, 7) is 2.04. The van der Waals surface area contributed by atoms with Gasteiger partial charge in [0.25, 0.3) is 0 Å².